The molecule has 0 aliphatic rings. The Morgan fingerprint density at radius 1 is 1.31 bits per heavy atom. The van der Waals surface area contributed by atoms with E-state index in [2.05, 4.69) is 0 Å². The number of aliphatic hydroxyl groups is 1. The molecule has 0 saturated heterocycles. The second kappa shape index (κ2) is 4.94. The molecule has 0 aliphatic carbocycles. The van der Waals surface area contributed by atoms with Gasteiger partial charge >= 0.3 is 0 Å². The molecule has 0 saturated carbocycles. The van der Waals surface area contributed by atoms with Crippen LogP contribution in [0.3, 0.4) is 0 Å². The number of benzene rings is 1. The maximum absolute atomic E-state index is 12.1. The summed E-state index contributed by atoms with van der Waals surface area (Å²) in [6, 6.07) is 6.88. The lowest BCUT2D eigenvalue weighted by Crippen LogP contribution is -2.11. The van der Waals surface area contributed by atoms with Gasteiger partial charge in [-0.25, -0.2) is 4.39 Å². The third-order valence-electron chi connectivity index (χ3n) is 2.00. The molecule has 0 bridgehead atoms. The summed E-state index contributed by atoms with van der Waals surface area (Å²) in [4.78, 5) is 0. The predicted molar refractivity (Wildman–Crippen MR) is 49.9 cm³/mol. The van der Waals surface area contributed by atoms with Crippen LogP contribution >= 0.6 is 0 Å². The van der Waals surface area contributed by atoms with Crippen molar-refractivity contribution in [2.24, 2.45) is 5.73 Å². The third-order valence-corrected chi connectivity index (χ3v) is 2.00. The van der Waals surface area contributed by atoms with E-state index in [0.29, 0.717) is 12.0 Å². The second-order valence-corrected chi connectivity index (χ2v) is 2.99. The fourth-order valence-corrected chi connectivity index (χ4v) is 1.16. The lowest BCUT2D eigenvalue weighted by molar-refractivity contribution is 0.276. The van der Waals surface area contributed by atoms with E-state index < -0.39 is 6.67 Å². The van der Waals surface area contributed by atoms with Crippen molar-refractivity contribution >= 4 is 0 Å². The van der Waals surface area contributed by atoms with Gasteiger partial charge in [0.2, 0.25) is 0 Å². The molecule has 0 radical (unpaired) electrons. The Kier molecular flexibility index (Phi) is 3.86. The normalized spacial score (nSPS) is 12.8. The molecule has 0 amide bonds. The first-order valence-electron chi connectivity index (χ1n) is 4.29. The van der Waals surface area contributed by atoms with Crippen molar-refractivity contribution in [2.45, 2.75) is 19.1 Å². The van der Waals surface area contributed by atoms with Gasteiger partial charge in [-0.15, -0.1) is 0 Å². The summed E-state index contributed by atoms with van der Waals surface area (Å²) in [5.74, 6) is 0. The lowest BCUT2D eigenvalue weighted by atomic mass is 10.0. The predicted octanol–water partition coefficient (Wildman–Crippen LogP) is 1.54. The first kappa shape index (κ1) is 10.2. The zero-order valence-corrected chi connectivity index (χ0v) is 7.41. The van der Waals surface area contributed by atoms with Crippen LogP contribution in [0, 0.1) is 0 Å². The average molecular weight is 183 g/mol. The quantitative estimate of drug-likeness (QED) is 0.743. The molecule has 1 rings (SSSR count). The Hall–Kier alpha value is -0.930. The molecular formula is C10H14FNO. The van der Waals surface area contributed by atoms with Gasteiger partial charge in [-0.2, -0.15) is 0 Å². The van der Waals surface area contributed by atoms with Crippen LogP contribution in [0.1, 0.15) is 23.6 Å². The van der Waals surface area contributed by atoms with E-state index in [1.54, 1.807) is 24.3 Å². The van der Waals surface area contributed by atoms with Crippen LogP contribution in [0.2, 0.25) is 0 Å². The van der Waals surface area contributed by atoms with Gasteiger partial charge in [-0.3, -0.25) is 0 Å². The van der Waals surface area contributed by atoms with E-state index in [9.17, 15) is 4.39 Å². The zero-order chi connectivity index (χ0) is 9.68. The van der Waals surface area contributed by atoms with Gasteiger partial charge in [0.05, 0.1) is 0 Å². The van der Waals surface area contributed by atoms with E-state index in [1.807, 2.05) is 0 Å². The summed E-state index contributed by atoms with van der Waals surface area (Å²) in [7, 11) is 0. The first-order chi connectivity index (χ1) is 6.27. The molecule has 0 aromatic heterocycles. The highest BCUT2D eigenvalue weighted by molar-refractivity contribution is 5.24. The van der Waals surface area contributed by atoms with Gasteiger partial charge in [0.1, 0.15) is 6.67 Å². The fourth-order valence-electron chi connectivity index (χ4n) is 1.16. The van der Waals surface area contributed by atoms with Crippen LogP contribution in [0.5, 0.6) is 0 Å². The highest BCUT2D eigenvalue weighted by atomic mass is 19.1. The Balaban J connectivity index is 2.67. The lowest BCUT2D eigenvalue weighted by Gasteiger charge is -2.10. The monoisotopic (exact) mass is 183 g/mol. The number of halogens is 1. The SMILES string of the molecule is NC(CCO)c1ccc(CF)cc1. The summed E-state index contributed by atoms with van der Waals surface area (Å²) in [5, 5.41) is 8.66. The number of rotatable bonds is 4. The smallest absolute Gasteiger partial charge is 0.115 e. The average Bonchev–Trinajstić information content (AvgIpc) is 2.18. The van der Waals surface area contributed by atoms with Crippen molar-refractivity contribution in [3.05, 3.63) is 35.4 Å². The maximum atomic E-state index is 12.1. The van der Waals surface area contributed by atoms with Crippen LogP contribution in [-0.2, 0) is 6.67 Å². The van der Waals surface area contributed by atoms with Gasteiger partial charge < -0.3 is 10.8 Å². The molecule has 1 aromatic carbocycles. The zero-order valence-electron chi connectivity index (χ0n) is 7.41. The van der Waals surface area contributed by atoms with Gasteiger partial charge in [0.25, 0.3) is 0 Å². The molecule has 0 spiro atoms. The van der Waals surface area contributed by atoms with E-state index in [-0.39, 0.29) is 12.6 Å². The molecule has 1 atom stereocenters. The van der Waals surface area contributed by atoms with E-state index in [0.717, 1.165) is 5.56 Å². The van der Waals surface area contributed by atoms with E-state index >= 15 is 0 Å². The van der Waals surface area contributed by atoms with E-state index in [1.165, 1.54) is 0 Å². The topological polar surface area (TPSA) is 46.2 Å². The number of hydrogen-bond donors (Lipinski definition) is 2. The standard InChI is InChI=1S/C10H14FNO/c11-7-8-1-3-9(4-2-8)10(12)5-6-13/h1-4,10,13H,5-7,12H2. The minimum atomic E-state index is -0.449. The molecule has 1 aromatic rings. The molecule has 0 heterocycles. The minimum Gasteiger partial charge on any atom is -0.396 e. The largest absolute Gasteiger partial charge is 0.396 e. The Labute approximate surface area is 77.2 Å². The summed E-state index contributed by atoms with van der Waals surface area (Å²) >= 11 is 0. The maximum Gasteiger partial charge on any atom is 0.115 e. The number of nitrogens with two attached hydrogens (primary N) is 1. The Morgan fingerprint density at radius 3 is 2.38 bits per heavy atom. The van der Waals surface area contributed by atoms with Gasteiger partial charge in [-0.1, -0.05) is 24.3 Å². The highest BCUT2D eigenvalue weighted by Crippen LogP contribution is 2.14. The van der Waals surface area contributed by atoms with E-state index in [4.69, 9.17) is 10.8 Å². The fraction of sp³-hybridized carbons (Fsp3) is 0.400. The van der Waals surface area contributed by atoms with Crippen molar-refractivity contribution < 1.29 is 9.50 Å². The highest BCUT2D eigenvalue weighted by Gasteiger charge is 2.04. The molecule has 13 heavy (non-hydrogen) atoms. The van der Waals surface area contributed by atoms with Crippen LogP contribution < -0.4 is 5.73 Å². The molecule has 3 heteroatoms. The van der Waals surface area contributed by atoms with Gasteiger partial charge in [-0.05, 0) is 17.5 Å². The van der Waals surface area contributed by atoms with Crippen molar-refractivity contribution in [3.63, 3.8) is 0 Å². The van der Waals surface area contributed by atoms with Crippen LogP contribution in [-0.4, -0.2) is 11.7 Å². The Morgan fingerprint density at radius 2 is 1.92 bits per heavy atom. The molecule has 0 fully saturated rings. The Bertz CT molecular complexity index is 248. The van der Waals surface area contributed by atoms with Crippen LogP contribution in [0.25, 0.3) is 0 Å². The molecule has 2 nitrogen and oxygen atoms in total. The van der Waals surface area contributed by atoms with Gasteiger partial charge in [0, 0.05) is 12.6 Å². The van der Waals surface area contributed by atoms with Crippen molar-refractivity contribution in [1.29, 1.82) is 0 Å². The van der Waals surface area contributed by atoms with Gasteiger partial charge in [0.15, 0.2) is 0 Å². The summed E-state index contributed by atoms with van der Waals surface area (Å²) < 4.78 is 12.1. The minimum absolute atomic E-state index is 0.0754. The first-order valence-corrected chi connectivity index (χ1v) is 4.29. The molecule has 72 valence electrons. The van der Waals surface area contributed by atoms with Crippen molar-refractivity contribution in [2.75, 3.05) is 6.61 Å². The number of alkyl halides is 1. The second-order valence-electron chi connectivity index (χ2n) is 2.99. The molecular weight excluding hydrogens is 169 g/mol. The summed E-state index contributed by atoms with van der Waals surface area (Å²) in [6.45, 7) is -0.373. The molecule has 3 N–H and O–H groups in total. The summed E-state index contributed by atoms with van der Waals surface area (Å²) in [5.41, 5.74) is 7.33. The summed E-state index contributed by atoms with van der Waals surface area (Å²) in [6.07, 6.45) is 0.537. The van der Waals surface area contributed by atoms with Crippen molar-refractivity contribution in [1.82, 2.24) is 0 Å². The van der Waals surface area contributed by atoms with Crippen LogP contribution in [0.15, 0.2) is 24.3 Å². The molecule has 1 unspecified atom stereocenters. The number of aliphatic hydroxyl groups excluding tert-OH is 1. The van der Waals surface area contributed by atoms with Crippen molar-refractivity contribution in [3.8, 4) is 0 Å². The number of hydrogen-bond acceptors (Lipinski definition) is 2. The van der Waals surface area contributed by atoms with Crippen LogP contribution in [0.4, 0.5) is 4.39 Å². The molecule has 0 aliphatic heterocycles. The third kappa shape index (κ3) is 2.79.